The van der Waals surface area contributed by atoms with Crippen LogP contribution in [0.4, 0.5) is 5.69 Å². The lowest BCUT2D eigenvalue weighted by atomic mass is 9.86. The number of nitrogens with two attached hydrogens (primary N) is 1. The van der Waals surface area contributed by atoms with Crippen molar-refractivity contribution in [3.8, 4) is 5.75 Å². The Labute approximate surface area is 195 Å². The van der Waals surface area contributed by atoms with Crippen molar-refractivity contribution in [2.45, 2.75) is 12.0 Å². The van der Waals surface area contributed by atoms with Crippen molar-refractivity contribution in [1.82, 2.24) is 0 Å². The molecule has 2 atom stereocenters. The average Bonchev–Trinajstić information content (AvgIpc) is 2.81. The Morgan fingerprint density at radius 1 is 1.00 bits per heavy atom. The topological polar surface area (TPSA) is 102 Å². The van der Waals surface area contributed by atoms with E-state index < -0.39 is 17.9 Å². The first-order valence-electron chi connectivity index (χ1n) is 9.72. The number of halogens is 1. The molecular weight excluding hydrogens is 472 g/mol. The van der Waals surface area contributed by atoms with Gasteiger partial charge >= 0.3 is 5.97 Å². The summed E-state index contributed by atoms with van der Waals surface area (Å²) in [6.07, 6.45) is 1.06. The average molecular weight is 497 g/mol. The van der Waals surface area contributed by atoms with Crippen LogP contribution in [0.3, 0.4) is 0 Å². The van der Waals surface area contributed by atoms with Gasteiger partial charge in [-0.1, -0.05) is 77.1 Å². The number of phenolic OH excluding ortho intramolecular Hbond substituents is 1. The second-order valence-corrected chi connectivity index (χ2v) is 7.62. The first kappa shape index (κ1) is 24.7. The Bertz CT molecular complexity index is 1040. The molecule has 0 fully saturated rings. The third kappa shape index (κ3) is 6.99. The van der Waals surface area contributed by atoms with Crippen molar-refractivity contribution in [3.05, 3.63) is 107 Å². The molecule has 6 nitrogen and oxygen atoms in total. The van der Waals surface area contributed by atoms with Crippen molar-refractivity contribution in [3.63, 3.8) is 0 Å². The van der Waals surface area contributed by atoms with E-state index in [4.69, 9.17) is 4.74 Å². The summed E-state index contributed by atoms with van der Waals surface area (Å²) >= 11 is 3.45. The first-order valence-corrected chi connectivity index (χ1v) is 10.5. The summed E-state index contributed by atoms with van der Waals surface area (Å²) < 4.78 is 6.06. The van der Waals surface area contributed by atoms with Crippen LogP contribution in [0.1, 0.15) is 23.1 Å². The molecule has 2 unspecified atom stereocenters. The van der Waals surface area contributed by atoms with Gasteiger partial charge in [0.25, 0.3) is 0 Å². The fourth-order valence-electron chi connectivity index (χ4n) is 3.04. The molecule has 0 spiro atoms. The maximum absolute atomic E-state index is 12.7. The van der Waals surface area contributed by atoms with Crippen LogP contribution in [-0.4, -0.2) is 24.1 Å². The third-order valence-electron chi connectivity index (χ3n) is 4.59. The number of ether oxygens (including phenoxy) is 1. The van der Waals surface area contributed by atoms with Crippen LogP contribution in [-0.2, 0) is 14.3 Å². The molecule has 7 heteroatoms. The van der Waals surface area contributed by atoms with Gasteiger partial charge in [-0.05, 0) is 41.5 Å². The van der Waals surface area contributed by atoms with Crippen LogP contribution >= 0.6 is 15.9 Å². The summed E-state index contributed by atoms with van der Waals surface area (Å²) in [5, 5.41) is 13.5. The highest BCUT2D eigenvalue weighted by atomic mass is 79.9. The molecule has 0 aliphatic heterocycles. The number of anilines is 1. The SMILES string of the molecule is C=CC(N)=O.COC(=O)C(c1ccccc1)C(Nc1ccccc1O)c1ccc(Br)cc1. The van der Waals surface area contributed by atoms with Gasteiger partial charge in [0.1, 0.15) is 11.7 Å². The first-order chi connectivity index (χ1) is 15.4. The number of amides is 1. The van der Waals surface area contributed by atoms with E-state index in [-0.39, 0.29) is 11.7 Å². The number of carbonyl (C=O) groups is 2. The van der Waals surface area contributed by atoms with E-state index >= 15 is 0 Å². The number of primary amides is 1. The van der Waals surface area contributed by atoms with Gasteiger partial charge in [-0.25, -0.2) is 0 Å². The highest BCUT2D eigenvalue weighted by Crippen LogP contribution is 2.37. The number of aromatic hydroxyl groups is 1. The van der Waals surface area contributed by atoms with Crippen LogP contribution in [0.25, 0.3) is 0 Å². The van der Waals surface area contributed by atoms with Crippen molar-refractivity contribution >= 4 is 33.5 Å². The zero-order chi connectivity index (χ0) is 23.5. The van der Waals surface area contributed by atoms with E-state index in [1.54, 1.807) is 18.2 Å². The fraction of sp³-hybridized carbons (Fsp3) is 0.120. The molecule has 0 saturated heterocycles. The minimum absolute atomic E-state index is 0.122. The maximum Gasteiger partial charge on any atom is 0.315 e. The Morgan fingerprint density at radius 2 is 1.56 bits per heavy atom. The second-order valence-electron chi connectivity index (χ2n) is 6.71. The van der Waals surface area contributed by atoms with E-state index in [0.717, 1.165) is 21.7 Å². The van der Waals surface area contributed by atoms with Crippen molar-refractivity contribution < 1.29 is 19.4 Å². The van der Waals surface area contributed by atoms with Gasteiger partial charge in [0, 0.05) is 4.47 Å². The molecule has 3 rings (SSSR count). The van der Waals surface area contributed by atoms with Gasteiger partial charge in [0.15, 0.2) is 0 Å². The minimum atomic E-state index is -0.586. The molecule has 0 aromatic heterocycles. The van der Waals surface area contributed by atoms with Crippen LogP contribution in [0.5, 0.6) is 5.75 Å². The molecule has 166 valence electrons. The minimum Gasteiger partial charge on any atom is -0.506 e. The largest absolute Gasteiger partial charge is 0.506 e. The molecular formula is C25H25BrN2O4. The smallest absolute Gasteiger partial charge is 0.315 e. The van der Waals surface area contributed by atoms with Crippen LogP contribution in [0, 0.1) is 0 Å². The molecule has 3 aromatic carbocycles. The molecule has 0 radical (unpaired) electrons. The summed E-state index contributed by atoms with van der Waals surface area (Å²) in [4.78, 5) is 22.2. The molecule has 32 heavy (non-hydrogen) atoms. The lowest BCUT2D eigenvalue weighted by molar-refractivity contribution is -0.142. The lowest BCUT2D eigenvalue weighted by Crippen LogP contribution is -2.27. The van der Waals surface area contributed by atoms with E-state index in [1.165, 1.54) is 7.11 Å². The molecule has 3 aromatic rings. The third-order valence-corrected chi connectivity index (χ3v) is 5.12. The number of phenols is 1. The lowest BCUT2D eigenvalue weighted by Gasteiger charge is -2.28. The predicted octanol–water partition coefficient (Wildman–Crippen LogP) is 4.92. The second kappa shape index (κ2) is 12.3. The predicted molar refractivity (Wildman–Crippen MR) is 129 cm³/mol. The number of esters is 1. The van der Waals surface area contributed by atoms with Gasteiger partial charge < -0.3 is 20.9 Å². The Balaban J connectivity index is 0.000000654. The van der Waals surface area contributed by atoms with Gasteiger partial charge in [0.05, 0.1) is 18.8 Å². The van der Waals surface area contributed by atoms with E-state index in [9.17, 15) is 14.7 Å². The number of methoxy groups -OCH3 is 1. The van der Waals surface area contributed by atoms with Crippen molar-refractivity contribution in [1.29, 1.82) is 0 Å². The van der Waals surface area contributed by atoms with Crippen LogP contribution in [0.2, 0.25) is 0 Å². The van der Waals surface area contributed by atoms with Crippen LogP contribution < -0.4 is 11.1 Å². The zero-order valence-corrected chi connectivity index (χ0v) is 19.2. The number of hydrogen-bond acceptors (Lipinski definition) is 5. The highest BCUT2D eigenvalue weighted by molar-refractivity contribution is 9.10. The number of hydrogen-bond donors (Lipinski definition) is 3. The van der Waals surface area contributed by atoms with E-state index in [2.05, 4.69) is 33.6 Å². The van der Waals surface area contributed by atoms with Gasteiger partial charge in [-0.3, -0.25) is 9.59 Å². The quantitative estimate of drug-likeness (QED) is 0.244. The Morgan fingerprint density at radius 3 is 2.09 bits per heavy atom. The summed E-state index contributed by atoms with van der Waals surface area (Å²) in [5.41, 5.74) is 6.82. The van der Waals surface area contributed by atoms with Crippen LogP contribution in [0.15, 0.2) is 96.0 Å². The monoisotopic (exact) mass is 496 g/mol. The normalized spacial score (nSPS) is 11.8. The molecule has 1 amide bonds. The number of benzene rings is 3. The standard InChI is InChI=1S/C22H20BrNO3.C3H5NO/c1-27-22(26)20(15-7-3-2-4-8-15)21(16-11-13-17(23)14-12-16)24-18-9-5-6-10-19(18)25;1-2-3(4)5/h2-14,20-21,24-25H,1H3;2H,1H2,(H2,4,5). The Hall–Kier alpha value is -3.58. The zero-order valence-electron chi connectivity index (χ0n) is 17.6. The molecule has 4 N–H and O–H groups in total. The van der Waals surface area contributed by atoms with Crippen molar-refractivity contribution in [2.24, 2.45) is 5.73 Å². The summed E-state index contributed by atoms with van der Waals surface area (Å²) in [7, 11) is 1.39. The van der Waals surface area contributed by atoms with Gasteiger partial charge in [-0.15, -0.1) is 0 Å². The van der Waals surface area contributed by atoms with Gasteiger partial charge in [-0.2, -0.15) is 0 Å². The van der Waals surface area contributed by atoms with E-state index in [1.807, 2.05) is 60.7 Å². The number of nitrogens with one attached hydrogen (secondary N) is 1. The Kier molecular flexibility index (Phi) is 9.50. The maximum atomic E-state index is 12.7. The molecule has 0 heterocycles. The molecule has 0 aliphatic carbocycles. The highest BCUT2D eigenvalue weighted by Gasteiger charge is 2.32. The molecule has 0 aliphatic rings. The summed E-state index contributed by atoms with van der Waals surface area (Å²) in [6.45, 7) is 3.09. The number of rotatable bonds is 7. The van der Waals surface area contributed by atoms with Crippen molar-refractivity contribution in [2.75, 3.05) is 12.4 Å². The molecule has 0 bridgehead atoms. The van der Waals surface area contributed by atoms with Gasteiger partial charge in [0.2, 0.25) is 5.91 Å². The number of carbonyl (C=O) groups excluding carboxylic acids is 2. The summed E-state index contributed by atoms with van der Waals surface area (Å²) in [6, 6.07) is 23.8. The molecule has 0 saturated carbocycles. The number of para-hydroxylation sites is 2. The van der Waals surface area contributed by atoms with E-state index in [0.29, 0.717) is 5.69 Å². The summed E-state index contributed by atoms with van der Waals surface area (Å²) in [5.74, 6) is -1.30. The fourth-order valence-corrected chi connectivity index (χ4v) is 3.31.